The summed E-state index contributed by atoms with van der Waals surface area (Å²) in [7, 11) is -1.92. The lowest BCUT2D eigenvalue weighted by Gasteiger charge is -2.12. The summed E-state index contributed by atoms with van der Waals surface area (Å²) in [6.07, 6.45) is -4.60. The third-order valence-corrected chi connectivity index (χ3v) is 6.15. The van der Waals surface area contributed by atoms with Gasteiger partial charge in [0.1, 0.15) is 17.1 Å². The first-order chi connectivity index (χ1) is 14.3. The van der Waals surface area contributed by atoms with Crippen LogP contribution >= 0.6 is 19.4 Å². The molecule has 31 heavy (non-hydrogen) atoms. The quantitative estimate of drug-likeness (QED) is 0.188. The van der Waals surface area contributed by atoms with Gasteiger partial charge in [-0.05, 0) is 38.1 Å². The molecule has 0 fully saturated rings. The molecule has 12 heteroatoms. The number of benzene rings is 2. The topological polar surface area (TPSA) is 95.7 Å². The molecule has 2 aromatic carbocycles. The maximum Gasteiger partial charge on any atom is 0.416 e. The molecule has 2 unspecified atom stereocenters. The second-order valence-corrected chi connectivity index (χ2v) is 9.53. The second kappa shape index (κ2) is 9.62. The van der Waals surface area contributed by atoms with E-state index in [0.717, 1.165) is 30.3 Å². The van der Waals surface area contributed by atoms with Crippen molar-refractivity contribution in [3.05, 3.63) is 62.7 Å². The number of carbonyl (C=O) groups excluding carboxylic acids is 1. The normalized spacial score (nSPS) is 13.0. The molecule has 0 aromatic heterocycles. The highest BCUT2D eigenvalue weighted by Gasteiger charge is 2.35. The molecule has 7 nitrogen and oxygen atoms in total. The fourth-order valence-corrected chi connectivity index (χ4v) is 3.74. The Kier molecular flexibility index (Phi) is 7.62. The van der Waals surface area contributed by atoms with Gasteiger partial charge in [-0.1, -0.05) is 16.2 Å². The number of hydrogen-bond donors (Lipinski definition) is 0. The number of ether oxygens (including phenoxy) is 2. The average molecular weight is 479 g/mol. The zero-order valence-electron chi connectivity index (χ0n) is 16.5. The van der Waals surface area contributed by atoms with E-state index in [1.807, 2.05) is 0 Å². The Bertz CT molecular complexity index is 1030. The van der Waals surface area contributed by atoms with Gasteiger partial charge in [-0.3, -0.25) is 10.1 Å². The van der Waals surface area contributed by atoms with Crippen LogP contribution in [0.5, 0.6) is 11.5 Å². The van der Waals surface area contributed by atoms with Crippen molar-refractivity contribution < 1.29 is 36.9 Å². The van der Waals surface area contributed by atoms with Crippen molar-refractivity contribution in [2.75, 3.05) is 0 Å². The first-order valence-electron chi connectivity index (χ1n) is 8.80. The smallest absolute Gasteiger partial charge is 0.416 e. The molecule has 0 spiro atoms. The number of nitro groups is 1. The van der Waals surface area contributed by atoms with Crippen molar-refractivity contribution in [2.45, 2.75) is 38.5 Å². The van der Waals surface area contributed by atoms with E-state index in [0.29, 0.717) is 6.07 Å². The van der Waals surface area contributed by atoms with Gasteiger partial charge in [0.25, 0.3) is 11.5 Å². The summed E-state index contributed by atoms with van der Waals surface area (Å²) >= 11 is 5.85. The van der Waals surface area contributed by atoms with Gasteiger partial charge in [0.05, 0.1) is 15.5 Å². The van der Waals surface area contributed by atoms with Gasteiger partial charge in [0.15, 0.2) is 5.66 Å². The first kappa shape index (κ1) is 24.6. The molecule has 0 saturated heterocycles. The van der Waals surface area contributed by atoms with E-state index in [1.165, 1.54) is 6.92 Å². The molecule has 0 N–H and O–H groups in total. The standard InChI is InChI=1S/C19H17ClF3NO6P/c1-10(2)31(28)11(3)29-18(25)14-9-13(5-6-16(14)24(26)27)30-17-7-4-12(8-15(17)20)19(21,22)23/h4-11H,1-3H3/q+1. The molecule has 0 amide bonds. The third kappa shape index (κ3) is 6.15. The Hall–Kier alpha value is -2.71. The Labute approximate surface area is 181 Å². The number of alkyl halides is 3. The van der Waals surface area contributed by atoms with Crippen molar-refractivity contribution in [2.24, 2.45) is 0 Å². The molecule has 2 rings (SSSR count). The lowest BCUT2D eigenvalue weighted by Crippen LogP contribution is -2.15. The summed E-state index contributed by atoms with van der Waals surface area (Å²) < 4.78 is 60.9. The maximum atomic E-state index is 12.8. The molecule has 0 heterocycles. The van der Waals surface area contributed by atoms with E-state index in [4.69, 9.17) is 21.1 Å². The van der Waals surface area contributed by atoms with E-state index in [9.17, 15) is 32.6 Å². The fourth-order valence-electron chi connectivity index (χ4n) is 2.48. The Morgan fingerprint density at radius 1 is 1.16 bits per heavy atom. The van der Waals surface area contributed by atoms with E-state index >= 15 is 0 Å². The minimum atomic E-state index is -4.60. The molecule has 0 bridgehead atoms. The van der Waals surface area contributed by atoms with Crippen LogP contribution in [0, 0.1) is 10.1 Å². The van der Waals surface area contributed by atoms with Crippen LogP contribution < -0.4 is 4.74 Å². The number of nitro benzene ring substituents is 1. The highest BCUT2D eigenvalue weighted by atomic mass is 35.5. The van der Waals surface area contributed by atoms with Crippen molar-refractivity contribution in [3.63, 3.8) is 0 Å². The van der Waals surface area contributed by atoms with Crippen LogP contribution in [0.3, 0.4) is 0 Å². The van der Waals surface area contributed by atoms with Gasteiger partial charge in [0, 0.05) is 19.1 Å². The minimum absolute atomic E-state index is 0.0971. The van der Waals surface area contributed by atoms with Crippen LogP contribution in [0.1, 0.15) is 36.7 Å². The SMILES string of the molecule is CC(C)[P+](=O)C(C)OC(=O)c1cc(Oc2ccc(C(F)(F)F)cc2Cl)ccc1[N+](=O)[O-]. The molecular weight excluding hydrogens is 462 g/mol. The molecule has 2 atom stereocenters. The van der Waals surface area contributed by atoms with Crippen LogP contribution in [0.2, 0.25) is 5.02 Å². The van der Waals surface area contributed by atoms with Crippen LogP contribution in [0.15, 0.2) is 36.4 Å². The summed E-state index contributed by atoms with van der Waals surface area (Å²) in [5.41, 5.74) is -2.30. The van der Waals surface area contributed by atoms with Gasteiger partial charge in [-0.25, -0.2) is 4.79 Å². The third-order valence-electron chi connectivity index (χ3n) is 4.02. The molecule has 0 radical (unpaired) electrons. The number of rotatable bonds is 7. The van der Waals surface area contributed by atoms with Crippen LogP contribution in [-0.2, 0) is 15.5 Å². The monoisotopic (exact) mass is 478 g/mol. The molecule has 0 aliphatic rings. The molecular formula is C19H17ClF3NO6P+. The van der Waals surface area contributed by atoms with Crippen LogP contribution in [0.4, 0.5) is 18.9 Å². The highest BCUT2D eigenvalue weighted by molar-refractivity contribution is 7.46. The summed E-state index contributed by atoms with van der Waals surface area (Å²) in [4.78, 5) is 22.9. The lowest BCUT2D eigenvalue weighted by molar-refractivity contribution is -0.385. The second-order valence-electron chi connectivity index (χ2n) is 6.64. The highest BCUT2D eigenvalue weighted by Crippen LogP contribution is 2.38. The summed E-state index contributed by atoms with van der Waals surface area (Å²) in [6, 6.07) is 5.55. The molecule has 166 valence electrons. The van der Waals surface area contributed by atoms with E-state index in [1.54, 1.807) is 13.8 Å². The zero-order chi connectivity index (χ0) is 23.5. The Morgan fingerprint density at radius 3 is 2.32 bits per heavy atom. The van der Waals surface area contributed by atoms with Crippen LogP contribution in [0.25, 0.3) is 0 Å². The van der Waals surface area contributed by atoms with Gasteiger partial charge in [-0.15, -0.1) is 0 Å². The van der Waals surface area contributed by atoms with Gasteiger partial charge < -0.3 is 9.47 Å². The molecule has 0 aliphatic heterocycles. The van der Waals surface area contributed by atoms with Crippen LogP contribution in [-0.4, -0.2) is 22.4 Å². The first-order valence-corrected chi connectivity index (χ1v) is 10.6. The van der Waals surface area contributed by atoms with Crippen molar-refractivity contribution in [1.82, 2.24) is 0 Å². The maximum absolute atomic E-state index is 12.8. The number of halogens is 4. The predicted octanol–water partition coefficient (Wildman–Crippen LogP) is 6.80. The van der Waals surface area contributed by atoms with Crippen molar-refractivity contribution in [3.8, 4) is 11.5 Å². The number of hydrogen-bond acceptors (Lipinski definition) is 6. The molecule has 0 saturated carbocycles. The van der Waals surface area contributed by atoms with E-state index in [2.05, 4.69) is 0 Å². The number of esters is 1. The molecule has 2 aromatic rings. The summed E-state index contributed by atoms with van der Waals surface area (Å²) in [5, 5.41) is 10.9. The average Bonchev–Trinajstić information content (AvgIpc) is 2.67. The van der Waals surface area contributed by atoms with Gasteiger partial charge in [-0.2, -0.15) is 13.2 Å². The summed E-state index contributed by atoms with van der Waals surface area (Å²) in [6.45, 7) is 4.76. The molecule has 0 aliphatic carbocycles. The largest absolute Gasteiger partial charge is 0.456 e. The van der Waals surface area contributed by atoms with E-state index in [-0.39, 0.29) is 22.2 Å². The van der Waals surface area contributed by atoms with E-state index < -0.39 is 47.5 Å². The number of carbonyl (C=O) groups is 1. The van der Waals surface area contributed by atoms with Gasteiger partial charge in [0.2, 0.25) is 0 Å². The van der Waals surface area contributed by atoms with Gasteiger partial charge >= 0.3 is 19.9 Å². The van der Waals surface area contributed by atoms with Crippen molar-refractivity contribution in [1.29, 1.82) is 0 Å². The predicted molar refractivity (Wildman–Crippen MR) is 107 cm³/mol. The lowest BCUT2D eigenvalue weighted by atomic mass is 10.1. The Morgan fingerprint density at radius 2 is 1.81 bits per heavy atom. The summed E-state index contributed by atoms with van der Waals surface area (Å²) in [5.74, 6) is -2.33. The number of nitrogens with zero attached hydrogens (tertiary/aromatic N) is 1. The minimum Gasteiger partial charge on any atom is -0.456 e. The zero-order valence-corrected chi connectivity index (χ0v) is 18.1. The Balaban J connectivity index is 2.34. The fraction of sp³-hybridized carbons (Fsp3) is 0.316. The van der Waals surface area contributed by atoms with Crippen molar-refractivity contribution >= 4 is 31.1 Å².